The molecule has 116 valence electrons. The van der Waals surface area contributed by atoms with Crippen molar-refractivity contribution in [3.05, 3.63) is 69.3 Å². The molecule has 0 aliphatic rings. The molecule has 5 nitrogen and oxygen atoms in total. The zero-order valence-corrected chi connectivity index (χ0v) is 13.3. The van der Waals surface area contributed by atoms with E-state index in [1.54, 1.807) is 6.21 Å². The average Bonchev–Trinajstić information content (AvgIpc) is 2.85. The third-order valence-electron chi connectivity index (χ3n) is 3.46. The zero-order valence-electron chi connectivity index (χ0n) is 12.5. The summed E-state index contributed by atoms with van der Waals surface area (Å²) in [4.78, 5) is 23.8. The maximum atomic E-state index is 12.0. The molecule has 23 heavy (non-hydrogen) atoms. The quantitative estimate of drug-likeness (QED) is 0.592. The van der Waals surface area contributed by atoms with Gasteiger partial charge in [-0.15, -0.1) is 0 Å². The molecule has 2 aromatic carbocycles. The number of carbonyl (C=O) groups excluding carboxylic acids is 1. The van der Waals surface area contributed by atoms with Crippen molar-refractivity contribution in [3.8, 4) is 0 Å². The van der Waals surface area contributed by atoms with E-state index in [0.29, 0.717) is 0 Å². The number of nitrogens with one attached hydrogen (secondary N) is 1. The fraction of sp³-hybridized carbons (Fsp3) is 0.118. The second kappa shape index (κ2) is 6.58. The molecule has 0 aliphatic heterocycles. The van der Waals surface area contributed by atoms with E-state index in [1.807, 2.05) is 55.5 Å². The van der Waals surface area contributed by atoms with E-state index in [4.69, 9.17) is 0 Å². The van der Waals surface area contributed by atoms with Crippen molar-refractivity contribution in [2.75, 3.05) is 0 Å². The fourth-order valence-electron chi connectivity index (χ4n) is 2.25. The number of hydrogen-bond donors (Lipinski definition) is 1. The highest BCUT2D eigenvalue weighted by molar-refractivity contribution is 7.16. The molecule has 0 fully saturated rings. The smallest absolute Gasteiger partial charge is 0.289 e. The molecule has 1 heterocycles. The Labute approximate surface area is 136 Å². The van der Waals surface area contributed by atoms with Gasteiger partial charge in [0.15, 0.2) is 0 Å². The monoisotopic (exact) mass is 325 g/mol. The van der Waals surface area contributed by atoms with Gasteiger partial charge in [0, 0.05) is 0 Å². The van der Waals surface area contributed by atoms with E-state index in [9.17, 15) is 9.59 Å². The number of para-hydroxylation sites is 1. The van der Waals surface area contributed by atoms with Gasteiger partial charge in [0.1, 0.15) is 6.54 Å². The van der Waals surface area contributed by atoms with Gasteiger partial charge in [-0.3, -0.25) is 14.2 Å². The number of carbonyl (C=O) groups is 1. The third kappa shape index (κ3) is 3.37. The summed E-state index contributed by atoms with van der Waals surface area (Å²) in [6.45, 7) is 1.92. The summed E-state index contributed by atoms with van der Waals surface area (Å²) in [5, 5.41) is 3.96. The number of aryl methyl sites for hydroxylation is 1. The number of hydrogen-bond acceptors (Lipinski definition) is 4. The molecule has 0 saturated heterocycles. The molecule has 0 unspecified atom stereocenters. The normalized spacial score (nSPS) is 11.2. The molecule has 3 rings (SSSR count). The lowest BCUT2D eigenvalue weighted by Gasteiger charge is -2.03. The van der Waals surface area contributed by atoms with Crippen molar-refractivity contribution < 1.29 is 4.79 Å². The van der Waals surface area contributed by atoms with E-state index in [1.165, 1.54) is 4.57 Å². The highest BCUT2D eigenvalue weighted by Gasteiger charge is 2.10. The summed E-state index contributed by atoms with van der Waals surface area (Å²) in [6.07, 6.45) is 1.60. The standard InChI is InChI=1S/C17H15N3O2S/c1-12-6-2-3-7-13(12)10-18-19-16(21)11-20-14-8-4-5-9-15(14)23-17(20)22/h2-10H,11H2,1H3,(H,19,21)/b18-10+. The van der Waals surface area contributed by atoms with Crippen LogP contribution in [0.25, 0.3) is 10.2 Å². The average molecular weight is 325 g/mol. The van der Waals surface area contributed by atoms with Crippen molar-refractivity contribution in [2.45, 2.75) is 13.5 Å². The molecule has 0 spiro atoms. The summed E-state index contributed by atoms with van der Waals surface area (Å²) in [5.41, 5.74) is 5.24. The van der Waals surface area contributed by atoms with Crippen LogP contribution < -0.4 is 10.3 Å². The topological polar surface area (TPSA) is 63.5 Å². The Kier molecular flexibility index (Phi) is 4.34. The van der Waals surface area contributed by atoms with Crippen molar-refractivity contribution in [2.24, 2.45) is 5.10 Å². The van der Waals surface area contributed by atoms with Gasteiger partial charge in [-0.25, -0.2) is 5.43 Å². The van der Waals surface area contributed by atoms with Gasteiger partial charge >= 0.3 is 4.87 Å². The lowest BCUT2D eigenvalue weighted by atomic mass is 10.1. The van der Waals surface area contributed by atoms with Crippen molar-refractivity contribution >= 4 is 33.7 Å². The zero-order chi connectivity index (χ0) is 16.2. The van der Waals surface area contributed by atoms with E-state index in [2.05, 4.69) is 10.5 Å². The van der Waals surface area contributed by atoms with Crippen LogP contribution in [0.2, 0.25) is 0 Å². The third-order valence-corrected chi connectivity index (χ3v) is 4.42. The van der Waals surface area contributed by atoms with Crippen LogP contribution in [-0.2, 0) is 11.3 Å². The van der Waals surface area contributed by atoms with Crippen LogP contribution in [0.15, 0.2) is 58.4 Å². The molecule has 1 aromatic heterocycles. The first kappa shape index (κ1) is 15.2. The minimum absolute atomic E-state index is 0.0477. The predicted molar refractivity (Wildman–Crippen MR) is 93.0 cm³/mol. The Balaban J connectivity index is 1.71. The Morgan fingerprint density at radius 3 is 2.78 bits per heavy atom. The van der Waals surface area contributed by atoms with Gasteiger partial charge in [0.2, 0.25) is 0 Å². The molecule has 6 heteroatoms. The number of amides is 1. The summed E-state index contributed by atoms with van der Waals surface area (Å²) in [5.74, 6) is -0.333. The second-order valence-corrected chi connectivity index (χ2v) is 6.06. The first-order valence-corrected chi connectivity index (χ1v) is 7.93. The Morgan fingerprint density at radius 2 is 1.96 bits per heavy atom. The fourth-order valence-corrected chi connectivity index (χ4v) is 3.14. The van der Waals surface area contributed by atoms with Gasteiger partial charge in [0.05, 0.1) is 16.4 Å². The van der Waals surface area contributed by atoms with Crippen LogP contribution in [0.1, 0.15) is 11.1 Å². The summed E-state index contributed by atoms with van der Waals surface area (Å²) >= 11 is 1.13. The van der Waals surface area contributed by atoms with Crippen molar-refractivity contribution in [3.63, 3.8) is 0 Å². The molecule has 0 aliphatic carbocycles. The first-order valence-electron chi connectivity index (χ1n) is 7.11. The SMILES string of the molecule is Cc1ccccc1/C=N/NC(=O)Cn1c(=O)sc2ccccc21. The molecule has 0 atom stereocenters. The number of hydrazone groups is 1. The largest absolute Gasteiger partial charge is 0.308 e. The maximum Gasteiger partial charge on any atom is 0.308 e. The first-order chi connectivity index (χ1) is 11.1. The van der Waals surface area contributed by atoms with Gasteiger partial charge < -0.3 is 0 Å². The number of rotatable bonds is 4. The van der Waals surface area contributed by atoms with Crippen molar-refractivity contribution in [1.82, 2.24) is 9.99 Å². The second-order valence-electron chi connectivity index (χ2n) is 5.07. The van der Waals surface area contributed by atoms with Crippen molar-refractivity contribution in [1.29, 1.82) is 0 Å². The lowest BCUT2D eigenvalue weighted by Crippen LogP contribution is -2.27. The van der Waals surface area contributed by atoms with Crippen LogP contribution >= 0.6 is 11.3 Å². The van der Waals surface area contributed by atoms with E-state index >= 15 is 0 Å². The highest BCUT2D eigenvalue weighted by Crippen LogP contribution is 2.16. The molecule has 1 N–H and O–H groups in total. The maximum absolute atomic E-state index is 12.0. The highest BCUT2D eigenvalue weighted by atomic mass is 32.1. The molecular formula is C17H15N3O2S. The van der Waals surface area contributed by atoms with Crippen LogP contribution in [0, 0.1) is 6.92 Å². The van der Waals surface area contributed by atoms with Gasteiger partial charge in [0.25, 0.3) is 5.91 Å². The number of nitrogens with zero attached hydrogens (tertiary/aromatic N) is 2. The summed E-state index contributed by atoms with van der Waals surface area (Å²) < 4.78 is 2.33. The molecule has 1 amide bonds. The van der Waals surface area contributed by atoms with Crippen LogP contribution in [0.5, 0.6) is 0 Å². The van der Waals surface area contributed by atoms with E-state index in [0.717, 1.165) is 32.7 Å². The molecule has 0 bridgehead atoms. The molecule has 0 radical (unpaired) electrons. The predicted octanol–water partition coefficient (Wildman–Crippen LogP) is 2.52. The molecule has 0 saturated carbocycles. The van der Waals surface area contributed by atoms with Gasteiger partial charge in [-0.05, 0) is 30.2 Å². The van der Waals surface area contributed by atoms with Crippen LogP contribution in [0.3, 0.4) is 0 Å². The van der Waals surface area contributed by atoms with E-state index in [-0.39, 0.29) is 17.3 Å². The van der Waals surface area contributed by atoms with E-state index < -0.39 is 0 Å². The number of aromatic nitrogens is 1. The number of thiazole rings is 1. The molecular weight excluding hydrogens is 310 g/mol. The van der Waals surface area contributed by atoms with Gasteiger partial charge in [-0.2, -0.15) is 5.10 Å². The lowest BCUT2D eigenvalue weighted by molar-refractivity contribution is -0.121. The minimum atomic E-state index is -0.333. The Hall–Kier alpha value is -2.73. The Bertz CT molecular complexity index is 940. The number of benzene rings is 2. The summed E-state index contributed by atoms with van der Waals surface area (Å²) in [7, 11) is 0. The minimum Gasteiger partial charge on any atom is -0.289 e. The van der Waals surface area contributed by atoms with Crippen LogP contribution in [0.4, 0.5) is 0 Å². The Morgan fingerprint density at radius 1 is 1.22 bits per heavy atom. The summed E-state index contributed by atoms with van der Waals surface area (Å²) in [6, 6.07) is 15.2. The van der Waals surface area contributed by atoms with Gasteiger partial charge in [-0.1, -0.05) is 47.7 Å². The number of fused-ring (bicyclic) bond motifs is 1. The van der Waals surface area contributed by atoms with Crippen LogP contribution in [-0.4, -0.2) is 16.7 Å². The molecule has 3 aromatic rings.